The number of carbonyl (C=O) groups excluding carboxylic acids is 2. The van der Waals surface area contributed by atoms with Crippen LogP contribution < -0.4 is 0 Å². The van der Waals surface area contributed by atoms with Crippen LogP contribution in [0.25, 0.3) is 5.76 Å². The summed E-state index contributed by atoms with van der Waals surface area (Å²) in [5, 5.41) is 20.4. The van der Waals surface area contributed by atoms with Crippen molar-refractivity contribution < 1.29 is 19.8 Å². The third-order valence-corrected chi connectivity index (χ3v) is 4.49. The highest BCUT2D eigenvalue weighted by Crippen LogP contribution is 2.39. The van der Waals surface area contributed by atoms with Gasteiger partial charge in [0.2, 0.25) is 0 Å². The van der Waals surface area contributed by atoms with Gasteiger partial charge in [0.05, 0.1) is 11.6 Å². The van der Waals surface area contributed by atoms with Crippen molar-refractivity contribution in [2.45, 2.75) is 6.04 Å². The second-order valence-electron chi connectivity index (χ2n) is 6.62. The fourth-order valence-electron chi connectivity index (χ4n) is 3.09. The molecule has 0 spiro atoms. The molecule has 1 unspecified atom stereocenters. The highest BCUT2D eigenvalue weighted by atomic mass is 16.3. The molecule has 2 aromatic rings. The lowest BCUT2D eigenvalue weighted by Crippen LogP contribution is -2.35. The molecule has 2 heterocycles. The number of ketones is 1. The third kappa shape index (κ3) is 3.68. The SMILES string of the molecule is CN(C)CCN1C(=O)C(=O)/C(=C(/O)c2ccncc2)C1c1ccc(O)cc1. The number of Topliss-reactive ketones (excluding diaryl/α,β-unsaturated/α-hetero) is 1. The lowest BCUT2D eigenvalue weighted by Gasteiger charge is -2.26. The Bertz CT molecular complexity index is 876. The summed E-state index contributed by atoms with van der Waals surface area (Å²) in [5.41, 5.74) is 1.09. The van der Waals surface area contributed by atoms with Gasteiger partial charge in [-0.3, -0.25) is 14.6 Å². The Kier molecular flexibility index (Phi) is 5.23. The molecule has 27 heavy (non-hydrogen) atoms. The van der Waals surface area contributed by atoms with Gasteiger partial charge in [-0.05, 0) is 43.9 Å². The van der Waals surface area contributed by atoms with Crippen molar-refractivity contribution in [1.82, 2.24) is 14.8 Å². The average molecular weight is 367 g/mol. The van der Waals surface area contributed by atoms with Crippen LogP contribution in [0.1, 0.15) is 17.2 Å². The van der Waals surface area contributed by atoms with E-state index in [2.05, 4.69) is 4.98 Å². The number of hydrogen-bond donors (Lipinski definition) is 2. The van der Waals surface area contributed by atoms with Gasteiger partial charge in [0.15, 0.2) is 0 Å². The van der Waals surface area contributed by atoms with E-state index in [1.165, 1.54) is 29.4 Å². The van der Waals surface area contributed by atoms with E-state index in [-0.39, 0.29) is 17.1 Å². The molecule has 140 valence electrons. The molecule has 3 rings (SSSR count). The molecule has 1 amide bonds. The second-order valence-corrected chi connectivity index (χ2v) is 6.62. The molecule has 1 atom stereocenters. The van der Waals surface area contributed by atoms with E-state index in [0.717, 1.165) is 0 Å². The molecular weight excluding hydrogens is 346 g/mol. The quantitative estimate of drug-likeness (QED) is 0.475. The van der Waals surface area contributed by atoms with E-state index >= 15 is 0 Å². The Morgan fingerprint density at radius 2 is 1.74 bits per heavy atom. The molecule has 2 N–H and O–H groups in total. The minimum Gasteiger partial charge on any atom is -0.508 e. The Balaban J connectivity index is 2.13. The predicted octanol–water partition coefficient (Wildman–Crippen LogP) is 1.77. The topological polar surface area (TPSA) is 94.0 Å². The molecule has 1 aromatic heterocycles. The van der Waals surface area contributed by atoms with Crippen molar-refractivity contribution in [3.8, 4) is 5.75 Å². The number of benzene rings is 1. The molecule has 1 fully saturated rings. The summed E-state index contributed by atoms with van der Waals surface area (Å²) in [6.07, 6.45) is 3.01. The third-order valence-electron chi connectivity index (χ3n) is 4.49. The highest BCUT2D eigenvalue weighted by Gasteiger charge is 2.45. The van der Waals surface area contributed by atoms with E-state index < -0.39 is 17.7 Å². The number of rotatable bonds is 5. The Hall–Kier alpha value is -3.19. The van der Waals surface area contributed by atoms with Crippen molar-refractivity contribution in [2.75, 3.05) is 27.2 Å². The lowest BCUT2D eigenvalue weighted by atomic mass is 9.95. The predicted molar refractivity (Wildman–Crippen MR) is 99.9 cm³/mol. The van der Waals surface area contributed by atoms with Gasteiger partial charge >= 0.3 is 0 Å². The van der Waals surface area contributed by atoms with Crippen molar-refractivity contribution in [3.63, 3.8) is 0 Å². The Labute approximate surface area is 157 Å². The lowest BCUT2D eigenvalue weighted by molar-refractivity contribution is -0.140. The summed E-state index contributed by atoms with van der Waals surface area (Å²) >= 11 is 0. The molecule has 1 aromatic carbocycles. The average Bonchev–Trinajstić information content (AvgIpc) is 2.91. The van der Waals surface area contributed by atoms with Gasteiger partial charge < -0.3 is 20.0 Å². The van der Waals surface area contributed by atoms with Gasteiger partial charge in [-0.25, -0.2) is 0 Å². The smallest absolute Gasteiger partial charge is 0.295 e. The molecule has 7 nitrogen and oxygen atoms in total. The first-order valence-electron chi connectivity index (χ1n) is 8.52. The normalized spacial score (nSPS) is 19.1. The minimum absolute atomic E-state index is 0.0376. The van der Waals surface area contributed by atoms with Crippen LogP contribution in [-0.4, -0.2) is 63.9 Å². The maximum absolute atomic E-state index is 12.7. The van der Waals surface area contributed by atoms with Gasteiger partial charge in [0.25, 0.3) is 11.7 Å². The second kappa shape index (κ2) is 7.59. The number of aliphatic hydroxyl groups excluding tert-OH is 1. The summed E-state index contributed by atoms with van der Waals surface area (Å²) in [5.74, 6) is -1.52. The number of amides is 1. The summed E-state index contributed by atoms with van der Waals surface area (Å²) in [6, 6.07) is 8.72. The molecule has 1 aliphatic heterocycles. The number of pyridine rings is 1. The van der Waals surface area contributed by atoms with Crippen LogP contribution in [0.3, 0.4) is 0 Å². The first kappa shape index (κ1) is 18.6. The molecule has 0 bridgehead atoms. The van der Waals surface area contributed by atoms with Gasteiger partial charge in [0, 0.05) is 31.0 Å². The zero-order valence-corrected chi connectivity index (χ0v) is 15.2. The van der Waals surface area contributed by atoms with Crippen molar-refractivity contribution in [1.29, 1.82) is 0 Å². The summed E-state index contributed by atoms with van der Waals surface area (Å²) in [4.78, 5) is 32.7. The van der Waals surface area contributed by atoms with Crippen molar-refractivity contribution >= 4 is 17.4 Å². The van der Waals surface area contributed by atoms with Crippen LogP contribution >= 0.6 is 0 Å². The van der Waals surface area contributed by atoms with E-state index in [4.69, 9.17) is 0 Å². The highest BCUT2D eigenvalue weighted by molar-refractivity contribution is 6.46. The van der Waals surface area contributed by atoms with E-state index in [0.29, 0.717) is 24.2 Å². The number of likely N-dealkylation sites (tertiary alicyclic amines) is 1. The van der Waals surface area contributed by atoms with Gasteiger partial charge in [0.1, 0.15) is 11.5 Å². The first-order chi connectivity index (χ1) is 12.9. The van der Waals surface area contributed by atoms with Crippen LogP contribution in [0.4, 0.5) is 0 Å². The molecule has 7 heteroatoms. The van der Waals surface area contributed by atoms with Gasteiger partial charge in [-0.2, -0.15) is 0 Å². The minimum atomic E-state index is -0.723. The fraction of sp³-hybridized carbons (Fsp3) is 0.250. The molecule has 1 aliphatic rings. The van der Waals surface area contributed by atoms with Crippen LogP contribution in [0, 0.1) is 0 Å². The van der Waals surface area contributed by atoms with Gasteiger partial charge in [-0.1, -0.05) is 12.1 Å². The Morgan fingerprint density at radius 1 is 1.11 bits per heavy atom. The van der Waals surface area contributed by atoms with Crippen molar-refractivity contribution in [3.05, 3.63) is 65.5 Å². The monoisotopic (exact) mass is 367 g/mol. The molecule has 0 aliphatic carbocycles. The maximum Gasteiger partial charge on any atom is 0.295 e. The van der Waals surface area contributed by atoms with Crippen LogP contribution in [0.2, 0.25) is 0 Å². The standard InChI is InChI=1S/C20H21N3O4/c1-22(2)11-12-23-17(13-3-5-15(24)6-4-13)16(19(26)20(23)27)18(25)14-7-9-21-10-8-14/h3-10,17,24-25H,11-12H2,1-2H3/b18-16+. The van der Waals surface area contributed by atoms with Crippen LogP contribution in [0.15, 0.2) is 54.4 Å². The van der Waals surface area contributed by atoms with Crippen LogP contribution in [-0.2, 0) is 9.59 Å². The molecule has 1 saturated heterocycles. The Morgan fingerprint density at radius 3 is 2.33 bits per heavy atom. The molecular formula is C20H21N3O4. The number of aromatic nitrogens is 1. The number of nitrogens with zero attached hydrogens (tertiary/aromatic N) is 3. The zero-order chi connectivity index (χ0) is 19.6. The van der Waals surface area contributed by atoms with E-state index in [1.54, 1.807) is 24.3 Å². The van der Waals surface area contributed by atoms with Crippen LogP contribution in [0.5, 0.6) is 5.75 Å². The summed E-state index contributed by atoms with van der Waals surface area (Å²) < 4.78 is 0. The number of likely N-dealkylation sites (N-methyl/N-ethyl adjacent to an activating group) is 1. The van der Waals surface area contributed by atoms with Crippen molar-refractivity contribution in [2.24, 2.45) is 0 Å². The van der Waals surface area contributed by atoms with E-state index in [9.17, 15) is 19.8 Å². The summed E-state index contributed by atoms with van der Waals surface area (Å²) in [6.45, 7) is 0.896. The molecule has 0 saturated carbocycles. The number of aromatic hydroxyl groups is 1. The molecule has 0 radical (unpaired) electrons. The largest absolute Gasteiger partial charge is 0.508 e. The maximum atomic E-state index is 12.7. The first-order valence-corrected chi connectivity index (χ1v) is 8.52. The summed E-state index contributed by atoms with van der Waals surface area (Å²) in [7, 11) is 3.76. The number of aliphatic hydroxyl groups is 1. The number of phenolic OH excluding ortho intramolecular Hbond substituents is 1. The number of hydrogen-bond acceptors (Lipinski definition) is 6. The number of carbonyl (C=O) groups is 2. The fourth-order valence-corrected chi connectivity index (χ4v) is 3.09. The van der Waals surface area contributed by atoms with E-state index in [1.807, 2.05) is 19.0 Å². The van der Waals surface area contributed by atoms with Gasteiger partial charge in [-0.15, -0.1) is 0 Å². The number of phenols is 1. The zero-order valence-electron chi connectivity index (χ0n) is 15.2.